The molecular formula is C22H27N5O4. The molecule has 2 aromatic heterocycles. The Morgan fingerprint density at radius 1 is 1.16 bits per heavy atom. The first kappa shape index (κ1) is 20.0. The number of aromatic nitrogens is 4. The first-order valence-electron chi connectivity index (χ1n) is 10.7. The highest BCUT2D eigenvalue weighted by Crippen LogP contribution is 2.31. The highest BCUT2D eigenvalue weighted by atomic mass is 16.6. The van der Waals surface area contributed by atoms with Gasteiger partial charge in [0.1, 0.15) is 5.60 Å². The molecule has 0 N–H and O–H groups in total. The molecule has 31 heavy (non-hydrogen) atoms. The minimum absolute atomic E-state index is 0.140. The molecule has 0 atom stereocenters. The molecule has 2 fully saturated rings. The predicted molar refractivity (Wildman–Crippen MR) is 113 cm³/mol. The van der Waals surface area contributed by atoms with Crippen molar-refractivity contribution >= 4 is 17.0 Å². The summed E-state index contributed by atoms with van der Waals surface area (Å²) in [5.41, 5.74) is 1.42. The van der Waals surface area contributed by atoms with Gasteiger partial charge in [0.2, 0.25) is 11.8 Å². The summed E-state index contributed by atoms with van der Waals surface area (Å²) in [7, 11) is 0. The number of piperidine rings is 1. The van der Waals surface area contributed by atoms with E-state index in [9.17, 15) is 4.79 Å². The van der Waals surface area contributed by atoms with Gasteiger partial charge in [-0.3, -0.25) is 4.68 Å². The summed E-state index contributed by atoms with van der Waals surface area (Å²) in [6, 6.07) is 6.33. The number of carbonyl (C=O) groups is 1. The number of amides is 1. The number of likely N-dealkylation sites (tertiary alicyclic amines) is 1. The molecule has 1 aromatic carbocycles. The summed E-state index contributed by atoms with van der Waals surface area (Å²) in [6.45, 7) is 8.24. The summed E-state index contributed by atoms with van der Waals surface area (Å²) in [6.07, 6.45) is 3.15. The van der Waals surface area contributed by atoms with Crippen LogP contribution in [0.3, 0.4) is 0 Å². The fourth-order valence-corrected chi connectivity index (χ4v) is 3.98. The van der Waals surface area contributed by atoms with E-state index in [1.165, 1.54) is 0 Å². The van der Waals surface area contributed by atoms with Gasteiger partial charge in [-0.2, -0.15) is 5.10 Å². The first-order chi connectivity index (χ1) is 14.9. The smallest absolute Gasteiger partial charge is 0.410 e. The van der Waals surface area contributed by atoms with E-state index in [4.69, 9.17) is 13.9 Å². The average Bonchev–Trinajstić information content (AvgIpc) is 3.33. The van der Waals surface area contributed by atoms with Crippen molar-refractivity contribution in [2.75, 3.05) is 26.3 Å². The highest BCUT2D eigenvalue weighted by molar-refractivity contribution is 5.83. The van der Waals surface area contributed by atoms with Gasteiger partial charge in [0.25, 0.3) is 0 Å². The summed E-state index contributed by atoms with van der Waals surface area (Å²) in [5.74, 6) is 1.27. The molecule has 0 spiro atoms. The van der Waals surface area contributed by atoms with Crippen LogP contribution in [0.4, 0.5) is 4.79 Å². The van der Waals surface area contributed by atoms with Gasteiger partial charge in [-0.1, -0.05) is 6.07 Å². The fourth-order valence-electron chi connectivity index (χ4n) is 3.98. The fraction of sp³-hybridized carbons (Fsp3) is 0.545. The van der Waals surface area contributed by atoms with Crippen LogP contribution >= 0.6 is 0 Å². The van der Waals surface area contributed by atoms with Crippen LogP contribution < -0.4 is 0 Å². The third-order valence-corrected chi connectivity index (χ3v) is 5.75. The van der Waals surface area contributed by atoms with Gasteiger partial charge in [-0.25, -0.2) is 4.79 Å². The zero-order chi connectivity index (χ0) is 21.6. The number of nitrogens with zero attached hydrogens (tertiary/aromatic N) is 5. The number of carbonyl (C=O) groups excluding carboxylic acids is 1. The first-order valence-corrected chi connectivity index (χ1v) is 10.7. The molecule has 4 heterocycles. The van der Waals surface area contributed by atoms with E-state index in [2.05, 4.69) is 15.3 Å². The lowest BCUT2D eigenvalue weighted by molar-refractivity contribution is -0.0266. The Labute approximate surface area is 180 Å². The van der Waals surface area contributed by atoms with Crippen LogP contribution in [-0.2, 0) is 9.47 Å². The van der Waals surface area contributed by atoms with Crippen molar-refractivity contribution < 1.29 is 18.7 Å². The number of hydrogen-bond acceptors (Lipinski definition) is 7. The Balaban J connectivity index is 1.28. The number of hydrogen-bond donors (Lipinski definition) is 0. The van der Waals surface area contributed by atoms with Crippen molar-refractivity contribution in [3.63, 3.8) is 0 Å². The number of ether oxygens (including phenoxy) is 2. The standard InChI is InChI=1S/C22H27N5O4/c1-22(2,3)31-21(28)26-8-6-14(7-9-26)19-24-25-20(30-19)15-4-5-16-11-23-27(18(16)10-15)17-12-29-13-17/h4-5,10-11,14,17H,6-9,12-13H2,1-3H3. The van der Waals surface area contributed by atoms with E-state index in [1.807, 2.05) is 49.8 Å². The van der Waals surface area contributed by atoms with Crippen LogP contribution in [0, 0.1) is 0 Å². The Kier molecular flexibility index (Phi) is 4.92. The summed E-state index contributed by atoms with van der Waals surface area (Å²) >= 11 is 0. The second-order valence-corrected chi connectivity index (χ2v) is 9.24. The molecule has 164 valence electrons. The van der Waals surface area contributed by atoms with Crippen molar-refractivity contribution in [2.45, 2.75) is 51.2 Å². The highest BCUT2D eigenvalue weighted by Gasteiger charge is 2.30. The van der Waals surface area contributed by atoms with Crippen LogP contribution in [0.25, 0.3) is 22.4 Å². The third-order valence-electron chi connectivity index (χ3n) is 5.75. The van der Waals surface area contributed by atoms with E-state index in [0.717, 1.165) is 29.3 Å². The number of benzene rings is 1. The van der Waals surface area contributed by atoms with E-state index in [-0.39, 0.29) is 18.1 Å². The molecule has 2 saturated heterocycles. The molecule has 1 amide bonds. The molecule has 3 aromatic rings. The number of rotatable bonds is 3. The normalized spacial score (nSPS) is 18.4. The van der Waals surface area contributed by atoms with Gasteiger partial charge in [0.05, 0.1) is 31.0 Å². The van der Waals surface area contributed by atoms with Gasteiger partial charge in [0.15, 0.2) is 0 Å². The van der Waals surface area contributed by atoms with Gasteiger partial charge in [0, 0.05) is 30.0 Å². The van der Waals surface area contributed by atoms with Gasteiger partial charge < -0.3 is 18.8 Å². The molecule has 5 rings (SSSR count). The minimum Gasteiger partial charge on any atom is -0.444 e. The summed E-state index contributed by atoms with van der Waals surface area (Å²) < 4.78 is 18.8. The largest absolute Gasteiger partial charge is 0.444 e. The van der Waals surface area contributed by atoms with Gasteiger partial charge >= 0.3 is 6.09 Å². The van der Waals surface area contributed by atoms with Crippen molar-refractivity contribution in [1.82, 2.24) is 24.9 Å². The zero-order valence-corrected chi connectivity index (χ0v) is 18.1. The van der Waals surface area contributed by atoms with Crippen LogP contribution in [0.5, 0.6) is 0 Å². The van der Waals surface area contributed by atoms with Crippen LogP contribution in [-0.4, -0.2) is 62.9 Å². The van der Waals surface area contributed by atoms with Gasteiger partial charge in [-0.15, -0.1) is 10.2 Å². The van der Waals surface area contributed by atoms with Crippen molar-refractivity contribution in [1.29, 1.82) is 0 Å². The molecular weight excluding hydrogens is 398 g/mol. The van der Waals surface area contributed by atoms with Crippen molar-refractivity contribution in [2.24, 2.45) is 0 Å². The lowest BCUT2D eigenvalue weighted by Gasteiger charge is -2.32. The Hall–Kier alpha value is -2.94. The zero-order valence-electron chi connectivity index (χ0n) is 18.1. The Bertz CT molecular complexity index is 1090. The van der Waals surface area contributed by atoms with Crippen LogP contribution in [0.1, 0.15) is 51.5 Å². The van der Waals surface area contributed by atoms with Gasteiger partial charge in [-0.05, 0) is 45.7 Å². The molecule has 2 aliphatic rings. The van der Waals surface area contributed by atoms with E-state index in [1.54, 1.807) is 4.90 Å². The van der Waals surface area contributed by atoms with E-state index < -0.39 is 5.60 Å². The third kappa shape index (κ3) is 4.01. The monoisotopic (exact) mass is 425 g/mol. The molecule has 0 unspecified atom stereocenters. The van der Waals surface area contributed by atoms with Crippen LogP contribution in [0.2, 0.25) is 0 Å². The van der Waals surface area contributed by atoms with Crippen molar-refractivity contribution in [3.8, 4) is 11.5 Å². The molecule has 0 saturated carbocycles. The Morgan fingerprint density at radius 2 is 1.94 bits per heavy atom. The molecule has 9 heteroatoms. The predicted octanol–water partition coefficient (Wildman–Crippen LogP) is 3.77. The molecule has 0 bridgehead atoms. The average molecular weight is 425 g/mol. The van der Waals surface area contributed by atoms with E-state index in [0.29, 0.717) is 38.1 Å². The molecule has 9 nitrogen and oxygen atoms in total. The number of fused-ring (bicyclic) bond motifs is 1. The maximum Gasteiger partial charge on any atom is 0.410 e. The van der Waals surface area contributed by atoms with E-state index >= 15 is 0 Å². The lowest BCUT2D eigenvalue weighted by atomic mass is 9.97. The second kappa shape index (κ2) is 7.64. The lowest BCUT2D eigenvalue weighted by Crippen LogP contribution is -2.41. The minimum atomic E-state index is -0.489. The summed E-state index contributed by atoms with van der Waals surface area (Å²) in [4.78, 5) is 14.0. The summed E-state index contributed by atoms with van der Waals surface area (Å²) in [5, 5.41) is 14.2. The SMILES string of the molecule is CC(C)(C)OC(=O)N1CCC(c2nnc(-c3ccc4cnn(C5COC5)c4c3)o2)CC1. The maximum atomic E-state index is 12.3. The van der Waals surface area contributed by atoms with Crippen LogP contribution in [0.15, 0.2) is 28.8 Å². The quantitative estimate of drug-likeness (QED) is 0.630. The molecule has 0 aliphatic carbocycles. The molecule has 2 aliphatic heterocycles. The second-order valence-electron chi connectivity index (χ2n) is 9.24. The maximum absolute atomic E-state index is 12.3. The van der Waals surface area contributed by atoms with Crippen molar-refractivity contribution in [3.05, 3.63) is 30.3 Å². The topological polar surface area (TPSA) is 95.5 Å². The molecule has 0 radical (unpaired) electrons. The Morgan fingerprint density at radius 3 is 2.61 bits per heavy atom.